The summed E-state index contributed by atoms with van der Waals surface area (Å²) in [6.45, 7) is 3.88. The summed E-state index contributed by atoms with van der Waals surface area (Å²) in [5, 5.41) is 0. The van der Waals surface area contributed by atoms with Crippen molar-refractivity contribution in [1.29, 1.82) is 0 Å². The Balaban J connectivity index is 1.30. The van der Waals surface area contributed by atoms with Gasteiger partial charge in [0.25, 0.3) is 0 Å². The molecule has 154 valence electrons. The molecule has 3 heterocycles. The average molecular weight is 394 g/mol. The van der Waals surface area contributed by atoms with Crippen molar-refractivity contribution in [1.82, 2.24) is 14.8 Å². The highest BCUT2D eigenvalue weighted by Gasteiger charge is 2.32. The Bertz CT molecular complexity index is 803. The molecule has 0 radical (unpaired) electrons. The van der Waals surface area contributed by atoms with Gasteiger partial charge in [0, 0.05) is 25.7 Å². The van der Waals surface area contributed by atoms with Gasteiger partial charge in [0.15, 0.2) is 0 Å². The molecule has 5 heteroatoms. The Morgan fingerprint density at radius 1 is 1.10 bits per heavy atom. The molecule has 0 saturated carbocycles. The summed E-state index contributed by atoms with van der Waals surface area (Å²) in [5.74, 6) is 1.68. The smallest absolute Gasteiger partial charge is 0.223 e. The van der Waals surface area contributed by atoms with Crippen molar-refractivity contribution < 1.29 is 9.53 Å². The van der Waals surface area contributed by atoms with Crippen molar-refractivity contribution in [3.05, 3.63) is 59.9 Å². The Hall–Kier alpha value is -2.40. The van der Waals surface area contributed by atoms with E-state index in [9.17, 15) is 4.79 Å². The molecular weight excluding hydrogens is 362 g/mol. The fourth-order valence-electron chi connectivity index (χ4n) is 4.69. The summed E-state index contributed by atoms with van der Waals surface area (Å²) in [7, 11) is 1.69. The Kier molecular flexibility index (Phi) is 6.45. The van der Waals surface area contributed by atoms with Crippen LogP contribution in [0.5, 0.6) is 5.75 Å². The quantitative estimate of drug-likeness (QED) is 0.743. The summed E-state index contributed by atoms with van der Waals surface area (Å²) < 4.78 is 5.37. The van der Waals surface area contributed by atoms with Crippen LogP contribution in [0.1, 0.15) is 49.4 Å². The molecule has 2 aliphatic rings. The van der Waals surface area contributed by atoms with Crippen LogP contribution in [0, 0.1) is 5.92 Å². The second kappa shape index (κ2) is 9.40. The molecule has 5 nitrogen and oxygen atoms in total. The van der Waals surface area contributed by atoms with Gasteiger partial charge in [-0.15, -0.1) is 0 Å². The van der Waals surface area contributed by atoms with E-state index in [0.29, 0.717) is 18.2 Å². The third kappa shape index (κ3) is 4.96. The van der Waals surface area contributed by atoms with Gasteiger partial charge in [-0.05, 0) is 74.5 Å². The lowest BCUT2D eigenvalue weighted by molar-refractivity contribution is -0.133. The normalized spacial score (nSPS) is 20.7. The number of hydrogen-bond donors (Lipinski definition) is 0. The molecule has 1 amide bonds. The molecule has 2 saturated heterocycles. The molecular formula is C24H31N3O2. The highest BCUT2D eigenvalue weighted by Crippen LogP contribution is 2.35. The van der Waals surface area contributed by atoms with Crippen molar-refractivity contribution in [2.45, 2.75) is 44.7 Å². The van der Waals surface area contributed by atoms with Crippen LogP contribution >= 0.6 is 0 Å². The molecule has 0 spiro atoms. The van der Waals surface area contributed by atoms with Crippen molar-refractivity contribution in [2.24, 2.45) is 5.92 Å². The maximum absolute atomic E-state index is 13.1. The topological polar surface area (TPSA) is 45.7 Å². The molecule has 1 unspecified atom stereocenters. The number of nitrogens with zero attached hydrogens (tertiary/aromatic N) is 3. The standard InChI is InChI=1S/C24H31N3O2/c1-29-22-8-4-6-20(17-22)23-9-5-13-27(23)24(28)16-19-10-14-26(15-11-19)18-21-7-2-3-12-25-21/h2-4,6-8,12,17,19,23H,5,9-11,13-16,18H2,1H3. The van der Waals surface area contributed by atoms with Crippen LogP contribution < -0.4 is 4.74 Å². The molecule has 1 atom stereocenters. The van der Waals surface area contributed by atoms with E-state index in [2.05, 4.69) is 33.0 Å². The predicted octanol–water partition coefficient (Wildman–Crippen LogP) is 4.06. The first kappa shape index (κ1) is 19.9. The molecule has 1 aromatic heterocycles. The van der Waals surface area contributed by atoms with Crippen LogP contribution in [-0.4, -0.2) is 47.4 Å². The Labute approximate surface area is 173 Å². The van der Waals surface area contributed by atoms with Gasteiger partial charge in [-0.2, -0.15) is 0 Å². The zero-order valence-electron chi connectivity index (χ0n) is 17.3. The number of hydrogen-bond acceptors (Lipinski definition) is 4. The van der Waals surface area contributed by atoms with E-state index < -0.39 is 0 Å². The van der Waals surface area contributed by atoms with E-state index in [-0.39, 0.29) is 6.04 Å². The van der Waals surface area contributed by atoms with Gasteiger partial charge in [-0.25, -0.2) is 0 Å². The van der Waals surface area contributed by atoms with Gasteiger partial charge >= 0.3 is 0 Å². The summed E-state index contributed by atoms with van der Waals surface area (Å²) in [6, 6.07) is 14.5. The van der Waals surface area contributed by atoms with Crippen molar-refractivity contribution in [3.63, 3.8) is 0 Å². The molecule has 4 rings (SSSR count). The van der Waals surface area contributed by atoms with Crippen LogP contribution in [0.25, 0.3) is 0 Å². The molecule has 2 aliphatic heterocycles. The maximum Gasteiger partial charge on any atom is 0.223 e. The van der Waals surface area contributed by atoms with Gasteiger partial charge in [-0.3, -0.25) is 14.7 Å². The number of benzene rings is 1. The lowest BCUT2D eigenvalue weighted by Gasteiger charge is -2.33. The number of likely N-dealkylation sites (tertiary alicyclic amines) is 2. The molecule has 29 heavy (non-hydrogen) atoms. The number of piperidine rings is 1. The van der Waals surface area contributed by atoms with Crippen LogP contribution in [0.4, 0.5) is 0 Å². The fraction of sp³-hybridized carbons (Fsp3) is 0.500. The number of rotatable bonds is 6. The monoisotopic (exact) mass is 393 g/mol. The van der Waals surface area contributed by atoms with E-state index in [1.165, 1.54) is 5.56 Å². The lowest BCUT2D eigenvalue weighted by atomic mass is 9.92. The highest BCUT2D eigenvalue weighted by molar-refractivity contribution is 5.77. The van der Waals surface area contributed by atoms with Crippen molar-refractivity contribution in [2.75, 3.05) is 26.7 Å². The third-order valence-corrected chi connectivity index (χ3v) is 6.33. The fourth-order valence-corrected chi connectivity index (χ4v) is 4.69. The summed E-state index contributed by atoms with van der Waals surface area (Å²) in [4.78, 5) is 22.1. The van der Waals surface area contributed by atoms with E-state index in [0.717, 1.165) is 63.3 Å². The summed E-state index contributed by atoms with van der Waals surface area (Å²) >= 11 is 0. The molecule has 0 aliphatic carbocycles. The van der Waals surface area contributed by atoms with Crippen LogP contribution in [0.2, 0.25) is 0 Å². The van der Waals surface area contributed by atoms with E-state index in [1.54, 1.807) is 7.11 Å². The first-order valence-corrected chi connectivity index (χ1v) is 10.8. The molecule has 2 fully saturated rings. The minimum absolute atomic E-state index is 0.196. The molecule has 0 N–H and O–H groups in total. The Morgan fingerprint density at radius 3 is 2.72 bits per heavy atom. The van der Waals surface area contributed by atoms with Gasteiger partial charge in [0.2, 0.25) is 5.91 Å². The zero-order valence-corrected chi connectivity index (χ0v) is 17.3. The third-order valence-electron chi connectivity index (χ3n) is 6.33. The molecule has 2 aromatic rings. The number of amides is 1. The maximum atomic E-state index is 13.1. The number of pyridine rings is 1. The number of aromatic nitrogens is 1. The van der Waals surface area contributed by atoms with Crippen LogP contribution in [-0.2, 0) is 11.3 Å². The summed E-state index contributed by atoms with van der Waals surface area (Å²) in [5.41, 5.74) is 2.32. The molecule has 1 aromatic carbocycles. The number of carbonyl (C=O) groups excluding carboxylic acids is 1. The first-order chi connectivity index (χ1) is 14.2. The predicted molar refractivity (Wildman–Crippen MR) is 114 cm³/mol. The van der Waals surface area contributed by atoms with Crippen molar-refractivity contribution >= 4 is 5.91 Å². The number of carbonyl (C=O) groups is 1. The second-order valence-electron chi connectivity index (χ2n) is 8.27. The zero-order chi connectivity index (χ0) is 20.1. The van der Waals surface area contributed by atoms with Gasteiger partial charge in [0.05, 0.1) is 18.8 Å². The van der Waals surface area contributed by atoms with Gasteiger partial charge < -0.3 is 9.64 Å². The minimum atomic E-state index is 0.196. The first-order valence-electron chi connectivity index (χ1n) is 10.8. The second-order valence-corrected chi connectivity index (χ2v) is 8.27. The Morgan fingerprint density at radius 2 is 1.97 bits per heavy atom. The van der Waals surface area contributed by atoms with Gasteiger partial charge in [0.1, 0.15) is 5.75 Å². The number of methoxy groups -OCH3 is 1. The van der Waals surface area contributed by atoms with E-state index in [1.807, 2.05) is 30.5 Å². The summed E-state index contributed by atoms with van der Waals surface area (Å²) in [6.07, 6.45) is 6.84. The average Bonchev–Trinajstić information content (AvgIpc) is 3.26. The van der Waals surface area contributed by atoms with Crippen LogP contribution in [0.3, 0.4) is 0 Å². The van der Waals surface area contributed by atoms with E-state index in [4.69, 9.17) is 4.74 Å². The van der Waals surface area contributed by atoms with Gasteiger partial charge in [-0.1, -0.05) is 18.2 Å². The molecule has 0 bridgehead atoms. The highest BCUT2D eigenvalue weighted by atomic mass is 16.5. The lowest BCUT2D eigenvalue weighted by Crippen LogP contribution is -2.37. The van der Waals surface area contributed by atoms with Crippen molar-refractivity contribution in [3.8, 4) is 5.75 Å². The SMILES string of the molecule is COc1cccc(C2CCCN2C(=O)CC2CCN(Cc3ccccn3)CC2)c1. The van der Waals surface area contributed by atoms with Crippen LogP contribution in [0.15, 0.2) is 48.7 Å². The van der Waals surface area contributed by atoms with E-state index >= 15 is 0 Å². The minimum Gasteiger partial charge on any atom is -0.497 e. The largest absolute Gasteiger partial charge is 0.497 e. The number of ether oxygens (including phenoxy) is 1.